The Morgan fingerprint density at radius 1 is 0.939 bits per heavy atom. The van der Waals surface area contributed by atoms with Gasteiger partial charge in [-0.25, -0.2) is 8.78 Å². The molecule has 170 valence electrons. The molecule has 0 radical (unpaired) electrons. The molecule has 0 spiro atoms. The molecule has 1 atom stereocenters. The quantitative estimate of drug-likeness (QED) is 0.595. The Bertz CT molecular complexity index is 1190. The Labute approximate surface area is 189 Å². The number of hydrogen-bond donors (Lipinski definition) is 0. The third kappa shape index (κ3) is 3.76. The highest BCUT2D eigenvalue weighted by atomic mass is 19.1. The molecule has 2 aliphatic heterocycles. The van der Waals surface area contributed by atoms with Crippen molar-refractivity contribution in [1.29, 1.82) is 0 Å². The van der Waals surface area contributed by atoms with Gasteiger partial charge in [-0.1, -0.05) is 0 Å². The maximum atomic E-state index is 15.2. The number of halogens is 2. The number of fused-ring (bicyclic) bond motifs is 1. The van der Waals surface area contributed by atoms with Crippen LogP contribution >= 0.6 is 0 Å². The van der Waals surface area contributed by atoms with E-state index >= 15 is 4.39 Å². The van der Waals surface area contributed by atoms with Crippen molar-refractivity contribution in [1.82, 2.24) is 4.90 Å². The maximum absolute atomic E-state index is 15.2. The number of ether oxygens (including phenoxy) is 4. The molecule has 0 N–H and O–H groups in total. The lowest BCUT2D eigenvalue weighted by atomic mass is 9.96. The van der Waals surface area contributed by atoms with Crippen molar-refractivity contribution in [3.05, 3.63) is 89.0 Å². The molecule has 8 heteroatoms. The predicted octanol–water partition coefficient (Wildman–Crippen LogP) is 4.12. The first-order chi connectivity index (χ1) is 16.0. The Hall–Kier alpha value is -3.65. The summed E-state index contributed by atoms with van der Waals surface area (Å²) in [4.78, 5) is 14.6. The second kappa shape index (κ2) is 8.37. The van der Waals surface area contributed by atoms with E-state index in [1.165, 1.54) is 43.5 Å². The first-order valence-corrected chi connectivity index (χ1v) is 10.5. The first kappa shape index (κ1) is 21.2. The van der Waals surface area contributed by atoms with Gasteiger partial charge >= 0.3 is 5.79 Å². The largest absolute Gasteiger partial charge is 0.497 e. The van der Waals surface area contributed by atoms with Gasteiger partial charge in [0.05, 0.1) is 25.9 Å². The van der Waals surface area contributed by atoms with Crippen LogP contribution in [0.1, 0.15) is 21.5 Å². The van der Waals surface area contributed by atoms with Gasteiger partial charge in [-0.3, -0.25) is 4.79 Å². The van der Waals surface area contributed by atoms with Gasteiger partial charge in [-0.05, 0) is 54.6 Å². The highest BCUT2D eigenvalue weighted by Gasteiger charge is 2.47. The van der Waals surface area contributed by atoms with E-state index < -0.39 is 17.4 Å². The molecule has 0 saturated carbocycles. The number of carbonyl (C=O) groups excluding carboxylic acids is 1. The molecule has 2 aliphatic rings. The van der Waals surface area contributed by atoms with Crippen molar-refractivity contribution in [3.8, 4) is 17.2 Å². The van der Waals surface area contributed by atoms with Gasteiger partial charge in [0.15, 0.2) is 11.5 Å². The summed E-state index contributed by atoms with van der Waals surface area (Å²) in [6.07, 6.45) is 0. The van der Waals surface area contributed by atoms with Crippen LogP contribution in [-0.4, -0.2) is 44.2 Å². The van der Waals surface area contributed by atoms with Gasteiger partial charge in [0.25, 0.3) is 5.91 Å². The molecule has 1 unspecified atom stereocenters. The lowest BCUT2D eigenvalue weighted by Crippen LogP contribution is -2.40. The highest BCUT2D eigenvalue weighted by Crippen LogP contribution is 2.49. The Morgan fingerprint density at radius 2 is 1.67 bits per heavy atom. The van der Waals surface area contributed by atoms with E-state index in [-0.39, 0.29) is 17.2 Å². The van der Waals surface area contributed by atoms with Gasteiger partial charge in [0.2, 0.25) is 0 Å². The standard InChI is InChI=1S/C25H21F2NO5/c1-30-19-7-8-20(21(27)15-19)25(17-3-5-18(26)6-4-17)32-22-9-2-16(14-23(22)33-25)24(29)28-10-12-31-13-11-28/h2-9,14-15H,10-13H2,1H3. The summed E-state index contributed by atoms with van der Waals surface area (Å²) in [5.41, 5.74) is 0.904. The summed E-state index contributed by atoms with van der Waals surface area (Å²) in [7, 11) is 1.44. The fourth-order valence-corrected chi connectivity index (χ4v) is 4.03. The van der Waals surface area contributed by atoms with E-state index in [2.05, 4.69) is 0 Å². The predicted molar refractivity (Wildman–Crippen MR) is 115 cm³/mol. The monoisotopic (exact) mass is 453 g/mol. The van der Waals surface area contributed by atoms with Crippen molar-refractivity contribution < 1.29 is 32.5 Å². The minimum Gasteiger partial charge on any atom is -0.497 e. The molecule has 0 aromatic heterocycles. The summed E-state index contributed by atoms with van der Waals surface area (Å²) in [5.74, 6) is -1.96. The number of morpholine rings is 1. The molecule has 3 aromatic carbocycles. The number of amides is 1. The van der Waals surface area contributed by atoms with Crippen LogP contribution in [0.15, 0.2) is 60.7 Å². The van der Waals surface area contributed by atoms with Crippen LogP contribution in [0.4, 0.5) is 8.78 Å². The molecule has 2 heterocycles. The number of methoxy groups -OCH3 is 1. The molecule has 1 fully saturated rings. The summed E-state index contributed by atoms with van der Waals surface area (Å²) >= 11 is 0. The van der Waals surface area contributed by atoms with E-state index in [1.807, 2.05) is 0 Å². The van der Waals surface area contributed by atoms with E-state index in [9.17, 15) is 9.18 Å². The van der Waals surface area contributed by atoms with Gasteiger partial charge in [-0.2, -0.15) is 0 Å². The lowest BCUT2D eigenvalue weighted by Gasteiger charge is -2.29. The van der Waals surface area contributed by atoms with Crippen LogP contribution in [0.3, 0.4) is 0 Å². The van der Waals surface area contributed by atoms with Crippen LogP contribution in [0.2, 0.25) is 0 Å². The van der Waals surface area contributed by atoms with E-state index in [4.69, 9.17) is 18.9 Å². The summed E-state index contributed by atoms with van der Waals surface area (Å²) < 4.78 is 51.6. The first-order valence-electron chi connectivity index (χ1n) is 10.5. The third-order valence-electron chi connectivity index (χ3n) is 5.75. The molecule has 1 amide bonds. The molecule has 33 heavy (non-hydrogen) atoms. The smallest absolute Gasteiger partial charge is 0.308 e. The lowest BCUT2D eigenvalue weighted by molar-refractivity contribution is -0.0488. The summed E-state index contributed by atoms with van der Waals surface area (Å²) in [5, 5.41) is 0. The average molecular weight is 453 g/mol. The van der Waals surface area contributed by atoms with Crippen molar-refractivity contribution in [2.75, 3.05) is 33.4 Å². The van der Waals surface area contributed by atoms with Gasteiger partial charge in [0.1, 0.15) is 17.4 Å². The van der Waals surface area contributed by atoms with Crippen LogP contribution in [-0.2, 0) is 10.5 Å². The maximum Gasteiger partial charge on any atom is 0.308 e. The Balaban J connectivity index is 1.56. The molecule has 0 bridgehead atoms. The molecule has 1 saturated heterocycles. The zero-order chi connectivity index (χ0) is 23.0. The number of hydrogen-bond acceptors (Lipinski definition) is 5. The zero-order valence-corrected chi connectivity index (χ0v) is 17.8. The van der Waals surface area contributed by atoms with Crippen LogP contribution < -0.4 is 14.2 Å². The Kier molecular flexibility index (Phi) is 5.38. The van der Waals surface area contributed by atoms with Crippen LogP contribution in [0, 0.1) is 11.6 Å². The van der Waals surface area contributed by atoms with E-state index in [0.717, 1.165) is 0 Å². The third-order valence-corrected chi connectivity index (χ3v) is 5.75. The van der Waals surface area contributed by atoms with Crippen molar-refractivity contribution >= 4 is 5.91 Å². The van der Waals surface area contributed by atoms with Gasteiger partial charge in [0, 0.05) is 30.3 Å². The van der Waals surface area contributed by atoms with Crippen molar-refractivity contribution in [2.24, 2.45) is 0 Å². The normalized spacial score (nSPS) is 19.4. The van der Waals surface area contributed by atoms with Crippen LogP contribution in [0.25, 0.3) is 0 Å². The topological polar surface area (TPSA) is 57.2 Å². The highest BCUT2D eigenvalue weighted by molar-refractivity contribution is 5.95. The molecule has 5 rings (SSSR count). The second-order valence-electron chi connectivity index (χ2n) is 7.74. The molecular weight excluding hydrogens is 432 g/mol. The molecule has 6 nitrogen and oxygen atoms in total. The fourth-order valence-electron chi connectivity index (χ4n) is 4.03. The van der Waals surface area contributed by atoms with Crippen molar-refractivity contribution in [3.63, 3.8) is 0 Å². The molecule has 3 aromatic rings. The minimum absolute atomic E-state index is 0.0900. The summed E-state index contributed by atoms with van der Waals surface area (Å²) in [6, 6.07) is 14.6. The van der Waals surface area contributed by atoms with E-state index in [1.54, 1.807) is 29.2 Å². The van der Waals surface area contributed by atoms with Gasteiger partial charge in [-0.15, -0.1) is 0 Å². The number of rotatable bonds is 4. The number of benzene rings is 3. The fraction of sp³-hybridized carbons (Fsp3) is 0.240. The Morgan fingerprint density at radius 3 is 2.36 bits per heavy atom. The second-order valence-corrected chi connectivity index (χ2v) is 7.74. The zero-order valence-electron chi connectivity index (χ0n) is 17.8. The molecule has 0 aliphatic carbocycles. The molecular formula is C25H21F2NO5. The minimum atomic E-state index is -1.70. The summed E-state index contributed by atoms with van der Waals surface area (Å²) in [6.45, 7) is 1.98. The average Bonchev–Trinajstić information content (AvgIpc) is 3.24. The SMILES string of the molecule is COc1ccc(C2(c3ccc(F)cc3)Oc3ccc(C(=O)N4CCOCC4)cc3O2)c(F)c1. The number of carbonyl (C=O) groups is 1. The van der Waals surface area contributed by atoms with Crippen molar-refractivity contribution in [2.45, 2.75) is 5.79 Å². The van der Waals surface area contributed by atoms with Crippen LogP contribution in [0.5, 0.6) is 17.2 Å². The van der Waals surface area contributed by atoms with E-state index in [0.29, 0.717) is 48.9 Å². The number of nitrogens with zero attached hydrogens (tertiary/aromatic N) is 1. The van der Waals surface area contributed by atoms with Gasteiger partial charge < -0.3 is 23.8 Å².